The lowest BCUT2D eigenvalue weighted by Gasteiger charge is -2.33. The van der Waals surface area contributed by atoms with Gasteiger partial charge >= 0.3 is 0 Å². The quantitative estimate of drug-likeness (QED) is 0.806. The molecule has 0 bridgehead atoms. The molecule has 0 aromatic heterocycles. The van der Waals surface area contributed by atoms with Gasteiger partial charge in [-0.2, -0.15) is 0 Å². The molecule has 1 heterocycles. The Morgan fingerprint density at radius 1 is 1.33 bits per heavy atom. The second kappa shape index (κ2) is 8.30. The molecule has 1 aliphatic heterocycles. The third-order valence-corrected chi connectivity index (χ3v) is 5.05. The molecular formula is C18H29BrN2. The minimum atomic E-state index is 0.702. The Kier molecular flexibility index (Phi) is 6.72. The van der Waals surface area contributed by atoms with E-state index in [2.05, 4.69) is 65.1 Å². The molecule has 1 aromatic carbocycles. The van der Waals surface area contributed by atoms with E-state index in [9.17, 15) is 0 Å². The lowest BCUT2D eigenvalue weighted by Crippen LogP contribution is -2.36. The molecule has 1 saturated heterocycles. The van der Waals surface area contributed by atoms with E-state index in [0.29, 0.717) is 5.92 Å². The first kappa shape index (κ1) is 17.0. The van der Waals surface area contributed by atoms with Gasteiger partial charge in [-0.25, -0.2) is 0 Å². The number of likely N-dealkylation sites (tertiary alicyclic amines) is 1. The van der Waals surface area contributed by atoms with Gasteiger partial charge in [-0.15, -0.1) is 0 Å². The first-order valence-electron chi connectivity index (χ1n) is 8.28. The molecule has 118 valence electrons. The molecule has 21 heavy (non-hydrogen) atoms. The summed E-state index contributed by atoms with van der Waals surface area (Å²) in [6.07, 6.45) is 4.08. The second-order valence-electron chi connectivity index (χ2n) is 6.77. The molecule has 0 spiro atoms. The van der Waals surface area contributed by atoms with Crippen LogP contribution in [0.5, 0.6) is 0 Å². The van der Waals surface area contributed by atoms with Gasteiger partial charge in [0, 0.05) is 23.6 Å². The summed E-state index contributed by atoms with van der Waals surface area (Å²) in [5, 5.41) is 3.50. The second-order valence-corrected chi connectivity index (χ2v) is 7.62. The van der Waals surface area contributed by atoms with Gasteiger partial charge in [0.2, 0.25) is 0 Å². The molecule has 1 fully saturated rings. The summed E-state index contributed by atoms with van der Waals surface area (Å²) in [6, 6.07) is 7.55. The van der Waals surface area contributed by atoms with E-state index in [4.69, 9.17) is 0 Å². The van der Waals surface area contributed by atoms with E-state index in [-0.39, 0.29) is 0 Å². The maximum atomic E-state index is 3.76. The van der Waals surface area contributed by atoms with Crippen LogP contribution in [-0.4, -0.2) is 24.0 Å². The van der Waals surface area contributed by atoms with Crippen molar-refractivity contribution < 1.29 is 0 Å². The van der Waals surface area contributed by atoms with Crippen LogP contribution in [0.4, 0.5) is 0 Å². The SMILES string of the molecule is CC(C)CNCc1ccc(CN2CCCCC2C)c(Br)c1. The maximum absolute atomic E-state index is 3.76. The normalized spacial score (nSPS) is 20.1. The van der Waals surface area contributed by atoms with Crippen LogP contribution >= 0.6 is 15.9 Å². The average Bonchev–Trinajstić information content (AvgIpc) is 2.43. The van der Waals surface area contributed by atoms with Crippen molar-refractivity contribution in [2.75, 3.05) is 13.1 Å². The first-order valence-corrected chi connectivity index (χ1v) is 9.07. The molecule has 1 aromatic rings. The van der Waals surface area contributed by atoms with Crippen LogP contribution in [0.15, 0.2) is 22.7 Å². The molecule has 1 unspecified atom stereocenters. The number of hydrogen-bond donors (Lipinski definition) is 1. The van der Waals surface area contributed by atoms with E-state index >= 15 is 0 Å². The van der Waals surface area contributed by atoms with Crippen LogP contribution in [0, 0.1) is 5.92 Å². The first-order chi connectivity index (χ1) is 10.1. The number of nitrogens with zero attached hydrogens (tertiary/aromatic N) is 1. The van der Waals surface area contributed by atoms with E-state index in [1.807, 2.05) is 0 Å². The van der Waals surface area contributed by atoms with Crippen molar-refractivity contribution >= 4 is 15.9 Å². The summed E-state index contributed by atoms with van der Waals surface area (Å²) in [5.74, 6) is 0.702. The summed E-state index contributed by atoms with van der Waals surface area (Å²) in [7, 11) is 0. The Bertz CT molecular complexity index is 445. The number of hydrogen-bond acceptors (Lipinski definition) is 2. The molecule has 2 nitrogen and oxygen atoms in total. The summed E-state index contributed by atoms with van der Waals surface area (Å²) >= 11 is 3.76. The molecule has 0 saturated carbocycles. The number of piperidine rings is 1. The van der Waals surface area contributed by atoms with Gasteiger partial charge in [-0.3, -0.25) is 4.90 Å². The van der Waals surface area contributed by atoms with Crippen LogP contribution in [0.25, 0.3) is 0 Å². The zero-order valence-electron chi connectivity index (χ0n) is 13.7. The highest BCUT2D eigenvalue weighted by molar-refractivity contribution is 9.10. The molecular weight excluding hydrogens is 324 g/mol. The van der Waals surface area contributed by atoms with Gasteiger partial charge in [-0.05, 0) is 56.0 Å². The lowest BCUT2D eigenvalue weighted by molar-refractivity contribution is 0.152. The minimum absolute atomic E-state index is 0.702. The fourth-order valence-corrected chi connectivity index (χ4v) is 3.50. The Morgan fingerprint density at radius 3 is 2.81 bits per heavy atom. The van der Waals surface area contributed by atoms with Crippen LogP contribution in [-0.2, 0) is 13.1 Å². The van der Waals surface area contributed by atoms with Crippen molar-refractivity contribution in [2.24, 2.45) is 5.92 Å². The monoisotopic (exact) mass is 352 g/mol. The highest BCUT2D eigenvalue weighted by Gasteiger charge is 2.18. The zero-order chi connectivity index (χ0) is 15.2. The molecule has 2 rings (SSSR count). The molecule has 0 amide bonds. The van der Waals surface area contributed by atoms with Gasteiger partial charge in [0.25, 0.3) is 0 Å². The fraction of sp³-hybridized carbons (Fsp3) is 0.667. The Morgan fingerprint density at radius 2 is 2.14 bits per heavy atom. The highest BCUT2D eigenvalue weighted by Crippen LogP contribution is 2.24. The van der Waals surface area contributed by atoms with Gasteiger partial charge in [0.15, 0.2) is 0 Å². The molecule has 0 radical (unpaired) electrons. The summed E-state index contributed by atoms with van der Waals surface area (Å²) < 4.78 is 1.25. The van der Waals surface area contributed by atoms with E-state index < -0.39 is 0 Å². The average molecular weight is 353 g/mol. The smallest absolute Gasteiger partial charge is 0.0247 e. The number of benzene rings is 1. The largest absolute Gasteiger partial charge is 0.312 e. The third-order valence-electron chi connectivity index (χ3n) is 4.31. The molecule has 1 aliphatic rings. The van der Waals surface area contributed by atoms with Crippen molar-refractivity contribution in [3.8, 4) is 0 Å². The van der Waals surface area contributed by atoms with Gasteiger partial charge < -0.3 is 5.32 Å². The number of nitrogens with one attached hydrogen (secondary N) is 1. The summed E-state index contributed by atoms with van der Waals surface area (Å²) in [6.45, 7) is 11.2. The Hall–Kier alpha value is -0.380. The molecule has 1 N–H and O–H groups in total. The van der Waals surface area contributed by atoms with E-state index in [0.717, 1.165) is 25.7 Å². The topological polar surface area (TPSA) is 15.3 Å². The van der Waals surface area contributed by atoms with Crippen molar-refractivity contribution in [1.29, 1.82) is 0 Å². The molecule has 0 aliphatic carbocycles. The highest BCUT2D eigenvalue weighted by atomic mass is 79.9. The number of rotatable bonds is 6. The van der Waals surface area contributed by atoms with Crippen LogP contribution < -0.4 is 5.32 Å². The van der Waals surface area contributed by atoms with Crippen molar-refractivity contribution in [3.63, 3.8) is 0 Å². The van der Waals surface area contributed by atoms with Gasteiger partial charge in [0.05, 0.1) is 0 Å². The Balaban J connectivity index is 1.92. The molecule has 3 heteroatoms. The van der Waals surface area contributed by atoms with Crippen LogP contribution in [0.1, 0.15) is 51.2 Å². The summed E-state index contributed by atoms with van der Waals surface area (Å²) in [4.78, 5) is 2.61. The zero-order valence-corrected chi connectivity index (χ0v) is 15.2. The molecule has 1 atom stereocenters. The Labute approximate surface area is 138 Å². The van der Waals surface area contributed by atoms with Crippen LogP contribution in [0.2, 0.25) is 0 Å². The number of halogens is 1. The van der Waals surface area contributed by atoms with Crippen LogP contribution in [0.3, 0.4) is 0 Å². The van der Waals surface area contributed by atoms with E-state index in [1.54, 1.807) is 0 Å². The van der Waals surface area contributed by atoms with Gasteiger partial charge in [0.1, 0.15) is 0 Å². The summed E-state index contributed by atoms with van der Waals surface area (Å²) in [5.41, 5.74) is 2.77. The van der Waals surface area contributed by atoms with Crippen molar-refractivity contribution in [3.05, 3.63) is 33.8 Å². The van der Waals surface area contributed by atoms with E-state index in [1.165, 1.54) is 41.4 Å². The minimum Gasteiger partial charge on any atom is -0.312 e. The van der Waals surface area contributed by atoms with Gasteiger partial charge in [-0.1, -0.05) is 48.3 Å². The standard InChI is InChI=1S/C18H29BrN2/c1-14(2)11-20-12-16-7-8-17(18(19)10-16)13-21-9-5-4-6-15(21)3/h7-8,10,14-15,20H,4-6,9,11-13H2,1-3H3. The van der Waals surface area contributed by atoms with Crippen molar-refractivity contribution in [2.45, 2.75) is 59.2 Å². The van der Waals surface area contributed by atoms with Crippen molar-refractivity contribution in [1.82, 2.24) is 10.2 Å². The third kappa shape index (κ3) is 5.39. The predicted molar refractivity (Wildman–Crippen MR) is 94.4 cm³/mol. The fourth-order valence-electron chi connectivity index (χ4n) is 2.95. The lowest BCUT2D eigenvalue weighted by atomic mass is 10.0. The maximum Gasteiger partial charge on any atom is 0.0247 e. The predicted octanol–water partition coefficient (Wildman–Crippen LogP) is 4.57.